The van der Waals surface area contributed by atoms with E-state index in [9.17, 15) is 9.90 Å². The second-order valence-electron chi connectivity index (χ2n) is 5.85. The third-order valence-electron chi connectivity index (χ3n) is 4.82. The topological polar surface area (TPSA) is 66.6 Å². The number of carboxylic acid groups (broad SMARTS) is 1. The van der Waals surface area contributed by atoms with Crippen molar-refractivity contribution in [2.45, 2.75) is 24.7 Å². The average molecular weight is 272 g/mol. The molecule has 3 fully saturated rings. The van der Waals surface area contributed by atoms with Gasteiger partial charge in [-0.15, -0.1) is 0 Å². The van der Waals surface area contributed by atoms with Crippen LogP contribution in [-0.4, -0.2) is 40.6 Å². The Hall–Kier alpha value is -1.88. The van der Waals surface area contributed by atoms with Gasteiger partial charge in [0.05, 0.1) is 11.0 Å². The Kier molecular flexibility index (Phi) is 2.41. The molecule has 104 valence electrons. The van der Waals surface area contributed by atoms with Crippen LogP contribution in [-0.2, 0) is 5.41 Å². The van der Waals surface area contributed by atoms with E-state index in [1.807, 2.05) is 0 Å². The lowest BCUT2D eigenvalue weighted by Crippen LogP contribution is -2.50. The molecule has 5 heteroatoms. The maximum atomic E-state index is 11.3. The van der Waals surface area contributed by atoms with Crippen molar-refractivity contribution in [2.24, 2.45) is 0 Å². The number of aromatic carboxylic acids is 1. The Labute approximate surface area is 116 Å². The summed E-state index contributed by atoms with van der Waals surface area (Å²) in [6.07, 6.45) is 3.17. The first kappa shape index (κ1) is 11.9. The minimum atomic E-state index is -0.952. The molecule has 0 unspecified atom stereocenters. The monoisotopic (exact) mass is 272 g/mol. The van der Waals surface area contributed by atoms with Gasteiger partial charge in [-0.25, -0.2) is 9.78 Å². The minimum Gasteiger partial charge on any atom is -0.478 e. The second kappa shape index (κ2) is 4.06. The number of aromatic nitrogens is 1. The number of fused-ring (bicyclic) bond motifs is 4. The highest BCUT2D eigenvalue weighted by Crippen LogP contribution is 2.43. The summed E-state index contributed by atoms with van der Waals surface area (Å²) >= 11 is 0. The predicted molar refractivity (Wildman–Crippen MR) is 72.9 cm³/mol. The molecule has 3 aliphatic heterocycles. The third-order valence-corrected chi connectivity index (χ3v) is 4.82. The van der Waals surface area contributed by atoms with Gasteiger partial charge in [-0.2, -0.15) is 0 Å². The van der Waals surface area contributed by atoms with Crippen LogP contribution in [0, 0.1) is 0 Å². The molecule has 2 bridgehead atoms. The number of rotatable bonds is 2. The van der Waals surface area contributed by atoms with Gasteiger partial charge in [0.25, 0.3) is 0 Å². The summed E-state index contributed by atoms with van der Waals surface area (Å²) in [4.78, 5) is 18.3. The summed E-state index contributed by atoms with van der Waals surface area (Å²) in [5.74, 6) is -0.216. The van der Waals surface area contributed by atoms with Crippen molar-refractivity contribution in [3.05, 3.63) is 29.7 Å². The summed E-state index contributed by atoms with van der Waals surface area (Å²) in [5, 5.41) is 9.24. The van der Waals surface area contributed by atoms with Gasteiger partial charge in [-0.05, 0) is 51.0 Å². The van der Waals surface area contributed by atoms with Gasteiger partial charge in [0.15, 0.2) is 5.58 Å². The molecular weight excluding hydrogens is 256 g/mol. The number of carboxylic acids is 1. The third kappa shape index (κ3) is 1.59. The van der Waals surface area contributed by atoms with Crippen molar-refractivity contribution >= 4 is 17.1 Å². The van der Waals surface area contributed by atoms with Crippen LogP contribution in [0.2, 0.25) is 0 Å². The lowest BCUT2D eigenvalue weighted by Gasteiger charge is -2.46. The number of hydrogen-bond acceptors (Lipinski definition) is 4. The number of oxazole rings is 1. The van der Waals surface area contributed by atoms with Crippen molar-refractivity contribution in [3.63, 3.8) is 0 Å². The summed E-state index contributed by atoms with van der Waals surface area (Å²) in [7, 11) is 0. The molecule has 0 atom stereocenters. The Balaban J connectivity index is 1.85. The lowest BCUT2D eigenvalue weighted by atomic mass is 9.72. The van der Waals surface area contributed by atoms with E-state index in [2.05, 4.69) is 9.88 Å². The highest BCUT2D eigenvalue weighted by Gasteiger charge is 2.44. The smallest absolute Gasteiger partial charge is 0.338 e. The summed E-state index contributed by atoms with van der Waals surface area (Å²) in [6, 6.07) is 5.09. The van der Waals surface area contributed by atoms with E-state index in [1.165, 1.54) is 0 Å². The van der Waals surface area contributed by atoms with Gasteiger partial charge in [-0.3, -0.25) is 0 Å². The highest BCUT2D eigenvalue weighted by molar-refractivity contribution is 6.00. The second-order valence-corrected chi connectivity index (χ2v) is 5.85. The number of para-hydroxylation sites is 1. The SMILES string of the molecule is O=C(O)c1cccc2oc(C34CCN(CC3)CC4)nc12. The van der Waals surface area contributed by atoms with Crippen LogP contribution in [0.25, 0.3) is 11.1 Å². The van der Waals surface area contributed by atoms with Gasteiger partial charge in [-0.1, -0.05) is 6.07 Å². The zero-order valence-electron chi connectivity index (χ0n) is 11.1. The molecule has 0 radical (unpaired) electrons. The fourth-order valence-corrected chi connectivity index (χ4v) is 3.50. The zero-order chi connectivity index (χ0) is 13.7. The van der Waals surface area contributed by atoms with E-state index in [0.717, 1.165) is 44.8 Å². The normalized spacial score (nSPS) is 28.9. The largest absolute Gasteiger partial charge is 0.478 e. The lowest BCUT2D eigenvalue weighted by molar-refractivity contribution is 0.0651. The molecule has 20 heavy (non-hydrogen) atoms. The van der Waals surface area contributed by atoms with Crippen molar-refractivity contribution in [1.82, 2.24) is 9.88 Å². The fourth-order valence-electron chi connectivity index (χ4n) is 3.50. The standard InChI is InChI=1S/C15H16N2O3/c18-13(19)10-2-1-3-11-12(10)16-14(20-11)15-4-7-17(8-5-15)9-6-15/h1-3H,4-9H2,(H,18,19). The van der Waals surface area contributed by atoms with E-state index in [0.29, 0.717) is 11.1 Å². The number of piperidine rings is 3. The number of hydrogen-bond donors (Lipinski definition) is 1. The van der Waals surface area contributed by atoms with E-state index >= 15 is 0 Å². The van der Waals surface area contributed by atoms with Crippen LogP contribution in [0.4, 0.5) is 0 Å². The highest BCUT2D eigenvalue weighted by atomic mass is 16.4. The van der Waals surface area contributed by atoms with E-state index in [-0.39, 0.29) is 11.0 Å². The maximum absolute atomic E-state index is 11.3. The number of nitrogens with zero attached hydrogens (tertiary/aromatic N) is 2. The van der Waals surface area contributed by atoms with Crippen molar-refractivity contribution in [2.75, 3.05) is 19.6 Å². The summed E-state index contributed by atoms with van der Waals surface area (Å²) < 4.78 is 5.92. The van der Waals surface area contributed by atoms with Crippen LogP contribution < -0.4 is 0 Å². The number of benzene rings is 1. The molecule has 4 heterocycles. The quantitative estimate of drug-likeness (QED) is 0.908. The molecule has 0 spiro atoms. The van der Waals surface area contributed by atoms with Gasteiger partial charge in [0.1, 0.15) is 5.52 Å². The molecule has 2 aromatic rings. The van der Waals surface area contributed by atoms with Crippen LogP contribution >= 0.6 is 0 Å². The molecular formula is C15H16N2O3. The molecule has 1 N–H and O–H groups in total. The Morgan fingerprint density at radius 3 is 2.60 bits per heavy atom. The van der Waals surface area contributed by atoms with Crippen molar-refractivity contribution < 1.29 is 14.3 Å². The molecule has 5 nitrogen and oxygen atoms in total. The van der Waals surface area contributed by atoms with Crippen molar-refractivity contribution in [1.29, 1.82) is 0 Å². The van der Waals surface area contributed by atoms with Gasteiger partial charge >= 0.3 is 5.97 Å². The molecule has 0 amide bonds. The Morgan fingerprint density at radius 2 is 1.95 bits per heavy atom. The van der Waals surface area contributed by atoms with Crippen LogP contribution in [0.5, 0.6) is 0 Å². The van der Waals surface area contributed by atoms with Crippen LogP contribution in [0.15, 0.2) is 22.6 Å². The molecule has 1 aromatic carbocycles. The maximum Gasteiger partial charge on any atom is 0.338 e. The minimum absolute atomic E-state index is 0.0174. The summed E-state index contributed by atoms with van der Waals surface area (Å²) in [5.41, 5.74) is 1.31. The Morgan fingerprint density at radius 1 is 1.25 bits per heavy atom. The zero-order valence-corrected chi connectivity index (χ0v) is 11.1. The first-order valence-corrected chi connectivity index (χ1v) is 7.04. The van der Waals surface area contributed by atoms with Crippen LogP contribution in [0.1, 0.15) is 35.5 Å². The van der Waals surface area contributed by atoms with Crippen LogP contribution in [0.3, 0.4) is 0 Å². The van der Waals surface area contributed by atoms with Gasteiger partial charge in [0.2, 0.25) is 5.89 Å². The van der Waals surface area contributed by atoms with Gasteiger partial charge < -0.3 is 14.4 Å². The predicted octanol–water partition coefficient (Wildman–Crippen LogP) is 2.26. The molecule has 3 saturated heterocycles. The molecule has 0 saturated carbocycles. The van der Waals surface area contributed by atoms with E-state index < -0.39 is 5.97 Å². The Bertz CT molecular complexity index is 670. The molecule has 5 rings (SSSR count). The average Bonchev–Trinajstić information content (AvgIpc) is 2.93. The van der Waals surface area contributed by atoms with E-state index in [4.69, 9.17) is 4.42 Å². The first-order chi connectivity index (χ1) is 9.68. The summed E-state index contributed by atoms with van der Waals surface area (Å²) in [6.45, 7) is 3.26. The number of carbonyl (C=O) groups is 1. The molecule has 1 aromatic heterocycles. The van der Waals surface area contributed by atoms with E-state index in [1.54, 1.807) is 18.2 Å². The fraction of sp³-hybridized carbons (Fsp3) is 0.467. The molecule has 0 aliphatic carbocycles. The first-order valence-electron chi connectivity index (χ1n) is 7.04. The van der Waals surface area contributed by atoms with Gasteiger partial charge in [0, 0.05) is 0 Å². The van der Waals surface area contributed by atoms with Crippen molar-refractivity contribution in [3.8, 4) is 0 Å². The molecule has 3 aliphatic rings.